The van der Waals surface area contributed by atoms with E-state index in [1.54, 1.807) is 43.3 Å². The van der Waals surface area contributed by atoms with E-state index in [0.717, 1.165) is 0 Å². The van der Waals surface area contributed by atoms with E-state index < -0.39 is 0 Å². The van der Waals surface area contributed by atoms with Crippen LogP contribution in [0.2, 0.25) is 0 Å². The van der Waals surface area contributed by atoms with E-state index >= 15 is 0 Å². The summed E-state index contributed by atoms with van der Waals surface area (Å²) in [6.07, 6.45) is 0. The van der Waals surface area contributed by atoms with Gasteiger partial charge in [0.05, 0.1) is 0 Å². The lowest BCUT2D eigenvalue weighted by atomic mass is 9.96. The van der Waals surface area contributed by atoms with Gasteiger partial charge in [0, 0.05) is 16.6 Å². The molecule has 0 fully saturated rings. The SMILES string of the molecule is Cc1cc(F)c(-c2ccc(F)c3ccccc23)cc1N. The number of hydrogen-bond donors (Lipinski definition) is 1. The zero-order valence-electron chi connectivity index (χ0n) is 11.0. The molecule has 0 unspecified atom stereocenters. The molecule has 2 N–H and O–H groups in total. The largest absolute Gasteiger partial charge is 0.398 e. The molecule has 3 heteroatoms. The van der Waals surface area contributed by atoms with Gasteiger partial charge in [0.2, 0.25) is 0 Å². The van der Waals surface area contributed by atoms with Crippen LogP contribution in [0.5, 0.6) is 0 Å². The molecule has 0 radical (unpaired) electrons. The topological polar surface area (TPSA) is 26.0 Å². The highest BCUT2D eigenvalue weighted by molar-refractivity contribution is 5.97. The van der Waals surface area contributed by atoms with Crippen LogP contribution in [0, 0.1) is 18.6 Å². The second kappa shape index (κ2) is 4.60. The third-order valence-corrected chi connectivity index (χ3v) is 3.52. The van der Waals surface area contributed by atoms with E-state index in [1.807, 2.05) is 0 Å². The summed E-state index contributed by atoms with van der Waals surface area (Å²) in [5.41, 5.74) is 8.11. The van der Waals surface area contributed by atoms with Gasteiger partial charge in [-0.05, 0) is 41.6 Å². The van der Waals surface area contributed by atoms with E-state index in [-0.39, 0.29) is 11.6 Å². The molecule has 0 aliphatic heterocycles. The molecule has 100 valence electrons. The summed E-state index contributed by atoms with van der Waals surface area (Å²) < 4.78 is 28.0. The number of nitrogens with two attached hydrogens (primary N) is 1. The number of nitrogen functional groups attached to an aromatic ring is 1. The maximum absolute atomic E-state index is 14.2. The Kier molecular flexibility index (Phi) is 2.90. The van der Waals surface area contributed by atoms with Crippen molar-refractivity contribution in [3.05, 3.63) is 65.7 Å². The molecule has 0 saturated carbocycles. The molecule has 20 heavy (non-hydrogen) atoms. The van der Waals surface area contributed by atoms with Crippen molar-refractivity contribution < 1.29 is 8.78 Å². The molecule has 3 aromatic rings. The molecule has 0 aromatic heterocycles. The first-order valence-electron chi connectivity index (χ1n) is 6.31. The van der Waals surface area contributed by atoms with E-state index in [1.165, 1.54) is 12.1 Å². The number of fused-ring (bicyclic) bond motifs is 1. The minimum atomic E-state index is -0.353. The molecule has 0 aliphatic carbocycles. The Hall–Kier alpha value is -2.42. The van der Waals surface area contributed by atoms with Crippen LogP contribution in [-0.2, 0) is 0 Å². The molecule has 0 aliphatic rings. The van der Waals surface area contributed by atoms with Crippen molar-refractivity contribution in [3.8, 4) is 11.1 Å². The van der Waals surface area contributed by atoms with Crippen molar-refractivity contribution in [2.24, 2.45) is 0 Å². The number of rotatable bonds is 1. The summed E-state index contributed by atoms with van der Waals surface area (Å²) >= 11 is 0. The molecule has 0 amide bonds. The smallest absolute Gasteiger partial charge is 0.131 e. The molecule has 0 saturated heterocycles. The van der Waals surface area contributed by atoms with Crippen molar-refractivity contribution in [1.82, 2.24) is 0 Å². The molecule has 0 spiro atoms. The van der Waals surface area contributed by atoms with Gasteiger partial charge < -0.3 is 5.73 Å². The van der Waals surface area contributed by atoms with Crippen molar-refractivity contribution in [1.29, 1.82) is 0 Å². The first-order valence-corrected chi connectivity index (χ1v) is 6.31. The zero-order valence-corrected chi connectivity index (χ0v) is 11.0. The number of anilines is 1. The Morgan fingerprint density at radius 2 is 1.50 bits per heavy atom. The fraction of sp³-hybridized carbons (Fsp3) is 0.0588. The standard InChI is InChI=1S/C17H13F2N/c1-10-8-16(19)14(9-17(10)20)12-6-7-15(18)13-5-3-2-4-11(12)13/h2-9H,20H2,1H3. The van der Waals surface area contributed by atoms with Gasteiger partial charge in [-0.2, -0.15) is 0 Å². The quantitative estimate of drug-likeness (QED) is 0.638. The minimum Gasteiger partial charge on any atom is -0.398 e. The lowest BCUT2D eigenvalue weighted by molar-refractivity contribution is 0.629. The summed E-state index contributed by atoms with van der Waals surface area (Å²) in [5, 5.41) is 1.15. The van der Waals surface area contributed by atoms with E-state index in [4.69, 9.17) is 5.73 Å². The Morgan fingerprint density at radius 3 is 2.25 bits per heavy atom. The van der Waals surface area contributed by atoms with E-state index in [0.29, 0.717) is 33.2 Å². The summed E-state index contributed by atoms with van der Waals surface area (Å²) in [6.45, 7) is 1.75. The second-order valence-electron chi connectivity index (χ2n) is 4.83. The summed E-state index contributed by atoms with van der Waals surface area (Å²) in [6, 6.07) is 13.0. The monoisotopic (exact) mass is 269 g/mol. The third-order valence-electron chi connectivity index (χ3n) is 3.52. The maximum Gasteiger partial charge on any atom is 0.131 e. The third kappa shape index (κ3) is 1.92. The van der Waals surface area contributed by atoms with Crippen LogP contribution in [0.15, 0.2) is 48.5 Å². The molecule has 3 aromatic carbocycles. The predicted octanol–water partition coefficient (Wildman–Crippen LogP) is 4.68. The lowest BCUT2D eigenvalue weighted by Crippen LogP contribution is -1.95. The normalized spacial score (nSPS) is 10.9. The number of hydrogen-bond acceptors (Lipinski definition) is 1. The van der Waals surface area contributed by atoms with Gasteiger partial charge in [-0.15, -0.1) is 0 Å². The van der Waals surface area contributed by atoms with Crippen LogP contribution < -0.4 is 5.73 Å². The van der Waals surface area contributed by atoms with Gasteiger partial charge in [-0.3, -0.25) is 0 Å². The summed E-state index contributed by atoms with van der Waals surface area (Å²) in [5.74, 6) is -0.668. The van der Waals surface area contributed by atoms with Gasteiger partial charge in [-0.25, -0.2) is 8.78 Å². The van der Waals surface area contributed by atoms with Crippen molar-refractivity contribution in [2.75, 3.05) is 5.73 Å². The van der Waals surface area contributed by atoms with Crippen LogP contribution >= 0.6 is 0 Å². The van der Waals surface area contributed by atoms with Crippen molar-refractivity contribution >= 4 is 16.5 Å². The Morgan fingerprint density at radius 1 is 0.800 bits per heavy atom. The number of halogens is 2. The first-order chi connectivity index (χ1) is 9.58. The van der Waals surface area contributed by atoms with Crippen molar-refractivity contribution in [3.63, 3.8) is 0 Å². The second-order valence-corrected chi connectivity index (χ2v) is 4.83. The highest BCUT2D eigenvalue weighted by Gasteiger charge is 2.12. The number of benzene rings is 3. The highest BCUT2D eigenvalue weighted by Crippen LogP contribution is 2.33. The lowest BCUT2D eigenvalue weighted by Gasteiger charge is -2.11. The van der Waals surface area contributed by atoms with Crippen molar-refractivity contribution in [2.45, 2.75) is 6.92 Å². The fourth-order valence-corrected chi connectivity index (χ4v) is 2.39. The van der Waals surface area contributed by atoms with Gasteiger partial charge >= 0.3 is 0 Å². The molecule has 0 bridgehead atoms. The molecular formula is C17H13F2N. The Bertz CT molecular complexity index is 809. The average molecular weight is 269 g/mol. The van der Waals surface area contributed by atoms with Gasteiger partial charge in [-0.1, -0.05) is 30.3 Å². The predicted molar refractivity (Wildman–Crippen MR) is 78.4 cm³/mol. The average Bonchev–Trinajstić information content (AvgIpc) is 2.44. The van der Waals surface area contributed by atoms with Crippen LogP contribution in [0.25, 0.3) is 21.9 Å². The first kappa shape index (κ1) is 12.6. The molecular weight excluding hydrogens is 256 g/mol. The molecule has 3 rings (SSSR count). The highest BCUT2D eigenvalue weighted by atomic mass is 19.1. The van der Waals surface area contributed by atoms with Crippen LogP contribution in [-0.4, -0.2) is 0 Å². The van der Waals surface area contributed by atoms with Gasteiger partial charge in [0.1, 0.15) is 11.6 Å². The molecule has 0 heterocycles. The van der Waals surface area contributed by atoms with E-state index in [2.05, 4.69) is 0 Å². The molecule has 0 atom stereocenters. The van der Waals surface area contributed by atoms with Crippen LogP contribution in [0.3, 0.4) is 0 Å². The Labute approximate surface area is 115 Å². The fourth-order valence-electron chi connectivity index (χ4n) is 2.39. The van der Waals surface area contributed by atoms with Crippen LogP contribution in [0.4, 0.5) is 14.5 Å². The summed E-state index contributed by atoms with van der Waals surface area (Å²) in [7, 11) is 0. The zero-order chi connectivity index (χ0) is 14.3. The Balaban J connectivity index is 2.36. The number of aryl methyl sites for hydroxylation is 1. The van der Waals surface area contributed by atoms with E-state index in [9.17, 15) is 8.78 Å². The maximum atomic E-state index is 14.2. The van der Waals surface area contributed by atoms with Gasteiger partial charge in [0.25, 0.3) is 0 Å². The summed E-state index contributed by atoms with van der Waals surface area (Å²) in [4.78, 5) is 0. The van der Waals surface area contributed by atoms with Gasteiger partial charge in [0.15, 0.2) is 0 Å². The minimum absolute atomic E-state index is 0.315. The molecule has 1 nitrogen and oxygen atoms in total. The van der Waals surface area contributed by atoms with Crippen LogP contribution in [0.1, 0.15) is 5.56 Å².